The molecule has 0 aromatic heterocycles. The standard InChI is InChI=1S/C13H12ClNO2/c1-2-7-15-12(16)8-11(13(15)17)9-3-5-10(14)6-4-9/h2-6,11H,1,7-8H2. The average molecular weight is 250 g/mol. The first kappa shape index (κ1) is 11.9. The molecule has 2 amide bonds. The van der Waals surface area contributed by atoms with Gasteiger partial charge in [0.15, 0.2) is 0 Å². The van der Waals surface area contributed by atoms with Crippen molar-refractivity contribution in [2.75, 3.05) is 6.54 Å². The van der Waals surface area contributed by atoms with Gasteiger partial charge in [0.25, 0.3) is 0 Å². The van der Waals surface area contributed by atoms with Gasteiger partial charge in [-0.3, -0.25) is 14.5 Å². The fourth-order valence-corrected chi connectivity index (χ4v) is 2.09. The second-order valence-electron chi connectivity index (χ2n) is 3.94. The number of benzene rings is 1. The molecule has 1 aromatic carbocycles. The molecule has 1 fully saturated rings. The molecule has 88 valence electrons. The van der Waals surface area contributed by atoms with Crippen molar-refractivity contribution in [1.82, 2.24) is 4.90 Å². The van der Waals surface area contributed by atoms with Gasteiger partial charge in [-0.1, -0.05) is 29.8 Å². The van der Waals surface area contributed by atoms with Crippen LogP contribution in [0.15, 0.2) is 36.9 Å². The highest BCUT2D eigenvalue weighted by Gasteiger charge is 2.38. The number of nitrogens with zero attached hydrogens (tertiary/aromatic N) is 1. The molecule has 0 radical (unpaired) electrons. The Labute approximate surface area is 105 Å². The maximum atomic E-state index is 12.0. The first-order valence-electron chi connectivity index (χ1n) is 5.34. The normalized spacial score (nSPS) is 19.8. The molecule has 0 N–H and O–H groups in total. The van der Waals surface area contributed by atoms with Crippen LogP contribution in [0.2, 0.25) is 5.02 Å². The van der Waals surface area contributed by atoms with E-state index in [1.807, 2.05) is 0 Å². The van der Waals surface area contributed by atoms with Crippen LogP contribution in [0.1, 0.15) is 17.9 Å². The Hall–Kier alpha value is -1.61. The molecule has 0 spiro atoms. The van der Waals surface area contributed by atoms with Gasteiger partial charge in [0.1, 0.15) is 0 Å². The third-order valence-corrected chi connectivity index (χ3v) is 3.08. The van der Waals surface area contributed by atoms with Gasteiger partial charge >= 0.3 is 0 Å². The van der Waals surface area contributed by atoms with Crippen molar-refractivity contribution in [2.24, 2.45) is 0 Å². The maximum absolute atomic E-state index is 12.0. The van der Waals surface area contributed by atoms with Gasteiger partial charge in [-0.2, -0.15) is 0 Å². The Kier molecular flexibility index (Phi) is 3.29. The summed E-state index contributed by atoms with van der Waals surface area (Å²) in [5, 5.41) is 0.619. The Morgan fingerprint density at radius 1 is 1.35 bits per heavy atom. The Balaban J connectivity index is 2.24. The van der Waals surface area contributed by atoms with E-state index in [2.05, 4.69) is 6.58 Å². The number of halogens is 1. The minimum absolute atomic E-state index is 0.144. The molecule has 1 saturated heterocycles. The lowest BCUT2D eigenvalue weighted by Crippen LogP contribution is -2.30. The van der Waals surface area contributed by atoms with Crippen molar-refractivity contribution in [3.05, 3.63) is 47.5 Å². The minimum atomic E-state index is -0.375. The molecular formula is C13H12ClNO2. The fraction of sp³-hybridized carbons (Fsp3) is 0.231. The van der Waals surface area contributed by atoms with Crippen LogP contribution >= 0.6 is 11.6 Å². The van der Waals surface area contributed by atoms with Crippen molar-refractivity contribution < 1.29 is 9.59 Å². The lowest BCUT2D eigenvalue weighted by molar-refractivity contribution is -0.138. The lowest BCUT2D eigenvalue weighted by Gasteiger charge is -2.12. The molecule has 0 aliphatic carbocycles. The van der Waals surface area contributed by atoms with Crippen LogP contribution in [0.5, 0.6) is 0 Å². The number of hydrogen-bond donors (Lipinski definition) is 0. The number of carbonyl (C=O) groups is 2. The molecule has 0 saturated carbocycles. The van der Waals surface area contributed by atoms with Gasteiger partial charge in [-0.15, -0.1) is 6.58 Å². The van der Waals surface area contributed by atoms with E-state index in [1.165, 1.54) is 4.90 Å². The number of carbonyl (C=O) groups excluding carboxylic acids is 2. The highest BCUT2D eigenvalue weighted by molar-refractivity contribution is 6.30. The first-order chi connectivity index (χ1) is 8.13. The monoisotopic (exact) mass is 249 g/mol. The van der Waals surface area contributed by atoms with E-state index < -0.39 is 0 Å². The zero-order valence-electron chi connectivity index (χ0n) is 9.23. The number of imide groups is 1. The first-order valence-corrected chi connectivity index (χ1v) is 5.72. The van der Waals surface area contributed by atoms with Gasteiger partial charge in [0.2, 0.25) is 11.8 Å². The van der Waals surface area contributed by atoms with Gasteiger partial charge in [-0.05, 0) is 17.7 Å². The summed E-state index contributed by atoms with van der Waals surface area (Å²) in [5.41, 5.74) is 0.833. The molecule has 4 heteroatoms. The van der Waals surface area contributed by atoms with E-state index in [0.717, 1.165) is 5.56 Å². The number of likely N-dealkylation sites (tertiary alicyclic amines) is 1. The van der Waals surface area contributed by atoms with Crippen molar-refractivity contribution >= 4 is 23.4 Å². The summed E-state index contributed by atoms with van der Waals surface area (Å²) in [4.78, 5) is 24.9. The fourth-order valence-electron chi connectivity index (χ4n) is 1.96. The molecule has 1 aliphatic rings. The Bertz CT molecular complexity index is 467. The van der Waals surface area contributed by atoms with Crippen LogP contribution in [-0.4, -0.2) is 23.3 Å². The molecular weight excluding hydrogens is 238 g/mol. The summed E-state index contributed by atoms with van der Waals surface area (Å²) in [5.74, 6) is -0.674. The Morgan fingerprint density at radius 3 is 2.59 bits per heavy atom. The van der Waals surface area contributed by atoms with Gasteiger partial charge < -0.3 is 0 Å². The van der Waals surface area contributed by atoms with Gasteiger partial charge in [0, 0.05) is 18.0 Å². The molecule has 3 nitrogen and oxygen atoms in total. The van der Waals surface area contributed by atoms with Crippen LogP contribution in [-0.2, 0) is 9.59 Å². The summed E-state index contributed by atoms with van der Waals surface area (Å²) in [6, 6.07) is 7.03. The van der Waals surface area contributed by atoms with E-state index in [9.17, 15) is 9.59 Å². The minimum Gasteiger partial charge on any atom is -0.278 e. The van der Waals surface area contributed by atoms with Crippen LogP contribution in [0.25, 0.3) is 0 Å². The highest BCUT2D eigenvalue weighted by Crippen LogP contribution is 2.30. The van der Waals surface area contributed by atoms with Gasteiger partial charge in [-0.25, -0.2) is 0 Å². The van der Waals surface area contributed by atoms with Crippen LogP contribution in [0.4, 0.5) is 0 Å². The van der Waals surface area contributed by atoms with Crippen LogP contribution < -0.4 is 0 Å². The molecule has 2 rings (SSSR count). The summed E-state index contributed by atoms with van der Waals surface area (Å²) in [7, 11) is 0. The number of hydrogen-bond acceptors (Lipinski definition) is 2. The molecule has 1 aliphatic heterocycles. The van der Waals surface area contributed by atoms with Crippen molar-refractivity contribution in [3.8, 4) is 0 Å². The third kappa shape index (κ3) is 2.24. The van der Waals surface area contributed by atoms with Crippen LogP contribution in [0, 0.1) is 0 Å². The zero-order valence-corrected chi connectivity index (χ0v) is 9.98. The van der Waals surface area contributed by atoms with E-state index >= 15 is 0 Å². The summed E-state index contributed by atoms with van der Waals surface area (Å²) in [6.45, 7) is 3.82. The van der Waals surface area contributed by atoms with Gasteiger partial charge in [0.05, 0.1) is 5.92 Å². The third-order valence-electron chi connectivity index (χ3n) is 2.83. The SMILES string of the molecule is C=CCN1C(=O)CC(c2ccc(Cl)cc2)C1=O. The van der Waals surface area contributed by atoms with E-state index in [0.29, 0.717) is 5.02 Å². The predicted octanol–water partition coefficient (Wildman–Crippen LogP) is 2.37. The van der Waals surface area contributed by atoms with Crippen molar-refractivity contribution in [1.29, 1.82) is 0 Å². The highest BCUT2D eigenvalue weighted by atomic mass is 35.5. The lowest BCUT2D eigenvalue weighted by atomic mass is 9.98. The summed E-state index contributed by atoms with van der Waals surface area (Å²) < 4.78 is 0. The topological polar surface area (TPSA) is 37.4 Å². The molecule has 1 unspecified atom stereocenters. The van der Waals surface area contributed by atoms with Crippen molar-refractivity contribution in [3.63, 3.8) is 0 Å². The van der Waals surface area contributed by atoms with E-state index in [4.69, 9.17) is 11.6 Å². The van der Waals surface area contributed by atoms with Crippen LogP contribution in [0.3, 0.4) is 0 Å². The average Bonchev–Trinajstić information content (AvgIpc) is 2.59. The smallest absolute Gasteiger partial charge is 0.237 e. The maximum Gasteiger partial charge on any atom is 0.237 e. The largest absolute Gasteiger partial charge is 0.278 e. The molecule has 0 bridgehead atoms. The second-order valence-corrected chi connectivity index (χ2v) is 4.38. The molecule has 17 heavy (non-hydrogen) atoms. The zero-order chi connectivity index (χ0) is 12.4. The molecule has 1 aromatic rings. The summed E-state index contributed by atoms with van der Waals surface area (Å²) in [6.07, 6.45) is 1.79. The molecule has 1 atom stereocenters. The number of amides is 2. The number of rotatable bonds is 3. The summed E-state index contributed by atoms with van der Waals surface area (Å²) >= 11 is 5.79. The van der Waals surface area contributed by atoms with Crippen molar-refractivity contribution in [2.45, 2.75) is 12.3 Å². The predicted molar refractivity (Wildman–Crippen MR) is 65.7 cm³/mol. The van der Waals surface area contributed by atoms with E-state index in [1.54, 1.807) is 30.3 Å². The Morgan fingerprint density at radius 2 is 2.00 bits per heavy atom. The quantitative estimate of drug-likeness (QED) is 0.609. The molecule has 1 heterocycles. The second kappa shape index (κ2) is 4.72. The van der Waals surface area contributed by atoms with E-state index in [-0.39, 0.29) is 30.7 Å².